The summed E-state index contributed by atoms with van der Waals surface area (Å²) < 4.78 is 11.1. The molecule has 1 aliphatic heterocycles. The molecule has 1 atom stereocenters. The first-order chi connectivity index (χ1) is 17.0. The van der Waals surface area contributed by atoms with Crippen LogP contribution in [0.3, 0.4) is 0 Å². The third kappa shape index (κ3) is 4.64. The van der Waals surface area contributed by atoms with Crippen LogP contribution in [-0.4, -0.2) is 47.2 Å². The number of fused-ring (bicyclic) bond motifs is 3. The number of nitrogens with one attached hydrogen (secondary N) is 1. The van der Waals surface area contributed by atoms with Crippen molar-refractivity contribution in [2.75, 3.05) is 13.2 Å². The molecule has 3 aromatic rings. The number of hydrogen-bond donors (Lipinski definition) is 2. The molecule has 0 radical (unpaired) electrons. The van der Waals surface area contributed by atoms with Crippen LogP contribution in [0.4, 0.5) is 4.79 Å². The average Bonchev–Trinajstić information content (AvgIpc) is 3.59. The molecule has 1 fully saturated rings. The van der Waals surface area contributed by atoms with Crippen LogP contribution in [-0.2, 0) is 16.1 Å². The van der Waals surface area contributed by atoms with E-state index in [0.29, 0.717) is 18.7 Å². The molecule has 8 heteroatoms. The van der Waals surface area contributed by atoms with Crippen molar-refractivity contribution in [3.8, 4) is 11.1 Å². The Bertz CT molecular complexity index is 1220. The molecule has 0 saturated carbocycles. The van der Waals surface area contributed by atoms with Crippen molar-refractivity contribution in [1.29, 1.82) is 0 Å². The molecule has 0 spiro atoms. The third-order valence-corrected chi connectivity index (χ3v) is 6.67. The first kappa shape index (κ1) is 22.7. The van der Waals surface area contributed by atoms with Gasteiger partial charge in [-0.25, -0.2) is 4.79 Å². The number of carbonyl (C=O) groups is 3. The van der Waals surface area contributed by atoms with Gasteiger partial charge in [-0.1, -0.05) is 48.5 Å². The van der Waals surface area contributed by atoms with Gasteiger partial charge >= 0.3 is 12.1 Å². The van der Waals surface area contributed by atoms with Gasteiger partial charge in [0, 0.05) is 18.5 Å². The molecule has 8 nitrogen and oxygen atoms in total. The Morgan fingerprint density at radius 2 is 1.69 bits per heavy atom. The van der Waals surface area contributed by atoms with Crippen LogP contribution in [0.1, 0.15) is 52.6 Å². The van der Waals surface area contributed by atoms with Crippen molar-refractivity contribution in [3.05, 3.63) is 83.3 Å². The Hall–Kier alpha value is -4.07. The second-order valence-electron chi connectivity index (χ2n) is 8.84. The maximum Gasteiger partial charge on any atom is 0.407 e. The standard InChI is InChI=1S/C27H26N2O6/c30-25(31)14-17-6-5-13-29(17)26(32)24-12-11-18(35-24)15-28-27(33)34-16-23-21-9-3-1-7-19(21)20-8-2-4-10-22(20)23/h1-4,7-12,17,23H,5-6,13-16H2,(H,28,33)(H,30,31)/t17-/m1/s1. The number of nitrogens with zero attached hydrogens (tertiary/aromatic N) is 1. The number of benzene rings is 2. The summed E-state index contributed by atoms with van der Waals surface area (Å²) in [4.78, 5) is 37.8. The molecule has 2 N–H and O–H groups in total. The van der Waals surface area contributed by atoms with Crippen molar-refractivity contribution in [1.82, 2.24) is 10.2 Å². The van der Waals surface area contributed by atoms with E-state index in [0.717, 1.165) is 28.7 Å². The monoisotopic (exact) mass is 474 g/mol. The molecule has 0 unspecified atom stereocenters. The van der Waals surface area contributed by atoms with Crippen LogP contribution in [0.25, 0.3) is 11.1 Å². The number of rotatable bonds is 7. The maximum atomic E-state index is 12.8. The van der Waals surface area contributed by atoms with E-state index in [-0.39, 0.29) is 43.2 Å². The van der Waals surface area contributed by atoms with Crippen LogP contribution >= 0.6 is 0 Å². The molecule has 1 aromatic heterocycles. The quantitative estimate of drug-likeness (QED) is 0.525. The summed E-state index contributed by atoms with van der Waals surface area (Å²) in [5, 5.41) is 11.7. The van der Waals surface area contributed by atoms with Gasteiger partial charge in [-0.2, -0.15) is 0 Å². The summed E-state index contributed by atoms with van der Waals surface area (Å²) in [7, 11) is 0. The van der Waals surface area contributed by atoms with E-state index in [2.05, 4.69) is 29.6 Å². The molecule has 180 valence electrons. The van der Waals surface area contributed by atoms with Crippen LogP contribution in [0.5, 0.6) is 0 Å². The number of ether oxygens (including phenoxy) is 1. The van der Waals surface area contributed by atoms with Gasteiger partial charge in [0.1, 0.15) is 12.4 Å². The molecular formula is C27H26N2O6. The Labute approximate surface area is 202 Å². The second-order valence-corrected chi connectivity index (χ2v) is 8.84. The number of furan rings is 1. The molecular weight excluding hydrogens is 448 g/mol. The first-order valence-electron chi connectivity index (χ1n) is 11.7. The van der Waals surface area contributed by atoms with Crippen molar-refractivity contribution in [2.45, 2.75) is 37.8 Å². The second kappa shape index (κ2) is 9.66. The summed E-state index contributed by atoms with van der Waals surface area (Å²) in [6.45, 7) is 0.787. The lowest BCUT2D eigenvalue weighted by atomic mass is 9.98. The summed E-state index contributed by atoms with van der Waals surface area (Å²) >= 11 is 0. The highest BCUT2D eigenvalue weighted by molar-refractivity contribution is 5.92. The van der Waals surface area contributed by atoms with Crippen LogP contribution in [0.2, 0.25) is 0 Å². The molecule has 0 bridgehead atoms. The zero-order valence-corrected chi connectivity index (χ0v) is 19.1. The van der Waals surface area contributed by atoms with E-state index < -0.39 is 12.1 Å². The van der Waals surface area contributed by atoms with E-state index in [1.807, 2.05) is 24.3 Å². The zero-order valence-electron chi connectivity index (χ0n) is 19.1. The van der Waals surface area contributed by atoms with Gasteiger partial charge < -0.3 is 24.5 Å². The fourth-order valence-corrected chi connectivity index (χ4v) is 5.05. The summed E-state index contributed by atoms with van der Waals surface area (Å²) in [5.41, 5.74) is 4.60. The SMILES string of the molecule is O=C(O)C[C@H]1CCCN1C(=O)c1ccc(CNC(=O)OCC2c3ccccc3-c3ccccc32)o1. The molecule has 2 heterocycles. The van der Waals surface area contributed by atoms with E-state index in [4.69, 9.17) is 14.3 Å². The number of alkyl carbamates (subject to hydrolysis) is 1. The number of amides is 2. The third-order valence-electron chi connectivity index (χ3n) is 6.67. The minimum absolute atomic E-state index is 0.0276. The Kier molecular flexibility index (Phi) is 6.27. The number of hydrogen-bond acceptors (Lipinski definition) is 5. The van der Waals surface area contributed by atoms with Crippen LogP contribution in [0.15, 0.2) is 65.1 Å². The van der Waals surface area contributed by atoms with Crippen molar-refractivity contribution < 1.29 is 28.6 Å². The lowest BCUT2D eigenvalue weighted by molar-refractivity contribution is -0.137. The van der Waals surface area contributed by atoms with E-state index in [1.165, 1.54) is 0 Å². The summed E-state index contributed by atoms with van der Waals surface area (Å²) in [5.74, 6) is -0.745. The van der Waals surface area contributed by atoms with Gasteiger partial charge in [0.2, 0.25) is 0 Å². The van der Waals surface area contributed by atoms with Crippen LogP contribution < -0.4 is 5.32 Å². The van der Waals surface area contributed by atoms with E-state index >= 15 is 0 Å². The predicted octanol–water partition coefficient (Wildman–Crippen LogP) is 4.40. The highest BCUT2D eigenvalue weighted by atomic mass is 16.5. The van der Waals surface area contributed by atoms with Crippen molar-refractivity contribution in [2.24, 2.45) is 0 Å². The molecule has 1 aliphatic carbocycles. The fourth-order valence-electron chi connectivity index (χ4n) is 5.05. The van der Waals surface area contributed by atoms with Gasteiger partial charge in [0.25, 0.3) is 5.91 Å². The highest BCUT2D eigenvalue weighted by Crippen LogP contribution is 2.44. The topological polar surface area (TPSA) is 109 Å². The lowest BCUT2D eigenvalue weighted by Crippen LogP contribution is -2.36. The normalized spacial score (nSPS) is 16.6. The van der Waals surface area contributed by atoms with Crippen LogP contribution in [0, 0.1) is 0 Å². The molecule has 35 heavy (non-hydrogen) atoms. The number of carboxylic acids is 1. The number of likely N-dealkylation sites (tertiary alicyclic amines) is 1. The summed E-state index contributed by atoms with van der Waals surface area (Å²) in [6, 6.07) is 19.1. The molecule has 1 saturated heterocycles. The molecule has 2 amide bonds. The Balaban J connectivity index is 1.16. The molecule has 2 aromatic carbocycles. The number of carboxylic acid groups (broad SMARTS) is 1. The number of aliphatic carboxylic acids is 1. The smallest absolute Gasteiger partial charge is 0.407 e. The maximum absolute atomic E-state index is 12.8. The van der Waals surface area contributed by atoms with Crippen molar-refractivity contribution >= 4 is 18.0 Å². The number of carbonyl (C=O) groups excluding carboxylic acids is 2. The average molecular weight is 475 g/mol. The fraction of sp³-hybridized carbons (Fsp3) is 0.296. The predicted molar refractivity (Wildman–Crippen MR) is 127 cm³/mol. The van der Waals surface area contributed by atoms with Crippen molar-refractivity contribution in [3.63, 3.8) is 0 Å². The highest BCUT2D eigenvalue weighted by Gasteiger charge is 2.32. The van der Waals surface area contributed by atoms with E-state index in [9.17, 15) is 14.4 Å². The van der Waals surface area contributed by atoms with Gasteiger partial charge in [-0.05, 0) is 47.2 Å². The van der Waals surface area contributed by atoms with Gasteiger partial charge in [0.05, 0.1) is 13.0 Å². The largest absolute Gasteiger partial charge is 0.481 e. The summed E-state index contributed by atoms with van der Waals surface area (Å²) in [6.07, 6.45) is 0.773. The Morgan fingerprint density at radius 3 is 2.37 bits per heavy atom. The lowest BCUT2D eigenvalue weighted by Gasteiger charge is -2.22. The first-order valence-corrected chi connectivity index (χ1v) is 11.7. The minimum Gasteiger partial charge on any atom is -0.481 e. The zero-order chi connectivity index (χ0) is 24.4. The van der Waals surface area contributed by atoms with Gasteiger partial charge in [-0.15, -0.1) is 0 Å². The van der Waals surface area contributed by atoms with E-state index in [1.54, 1.807) is 17.0 Å². The van der Waals surface area contributed by atoms with Gasteiger partial charge in [-0.3, -0.25) is 9.59 Å². The van der Waals surface area contributed by atoms with Gasteiger partial charge in [0.15, 0.2) is 5.76 Å². The molecule has 2 aliphatic rings. The molecule has 5 rings (SSSR count). The minimum atomic E-state index is -0.929. The Morgan fingerprint density at radius 1 is 1.00 bits per heavy atom.